The van der Waals surface area contributed by atoms with Crippen LogP contribution >= 0.6 is 0 Å². The lowest BCUT2D eigenvalue weighted by molar-refractivity contribution is -0.190. The second-order valence-electron chi connectivity index (χ2n) is 11.5. The topological polar surface area (TPSA) is 102 Å². The number of esters is 1. The van der Waals surface area contributed by atoms with Gasteiger partial charge in [0.25, 0.3) is 5.91 Å². The number of imide groups is 2. The smallest absolute Gasteiger partial charge is 0.331 e. The minimum Gasteiger partial charge on any atom is -0.543 e. The molecule has 1 aromatic carbocycles. The summed E-state index contributed by atoms with van der Waals surface area (Å²) in [6.45, 7) is 12.5. The van der Waals surface area contributed by atoms with Gasteiger partial charge in [-0.1, -0.05) is 53.0 Å². The molecule has 1 aliphatic carbocycles. The number of amides is 4. The highest BCUT2D eigenvalue weighted by Gasteiger charge is 2.77. The molecule has 1 saturated heterocycles. The molecule has 1 saturated carbocycles. The van der Waals surface area contributed by atoms with Crippen LogP contribution < -0.4 is 14.5 Å². The summed E-state index contributed by atoms with van der Waals surface area (Å²) in [5.74, 6) is -4.23. The highest BCUT2D eigenvalue weighted by Crippen LogP contribution is 2.61. The van der Waals surface area contributed by atoms with E-state index in [9.17, 15) is 19.2 Å². The first-order valence-corrected chi connectivity index (χ1v) is 15.6. The van der Waals surface area contributed by atoms with E-state index >= 15 is 4.39 Å². The number of fused-ring (bicyclic) bond motifs is 6. The molecular weight excluding hydrogens is 483 g/mol. The number of hydrogen-bond donors (Lipinski definition) is 1. The van der Waals surface area contributed by atoms with Gasteiger partial charge in [0.15, 0.2) is 0 Å². The van der Waals surface area contributed by atoms with Crippen molar-refractivity contribution in [1.29, 1.82) is 0 Å². The molecule has 10 heteroatoms. The molecule has 4 atom stereocenters. The summed E-state index contributed by atoms with van der Waals surface area (Å²) in [7, 11) is -2.18. The number of rotatable bonds is 7. The lowest BCUT2D eigenvalue weighted by Gasteiger charge is -2.59. The Balaban J connectivity index is 1.67. The van der Waals surface area contributed by atoms with E-state index in [-0.39, 0.29) is 17.2 Å². The van der Waals surface area contributed by atoms with Crippen molar-refractivity contribution in [2.75, 3.05) is 0 Å². The fourth-order valence-corrected chi connectivity index (χ4v) is 6.12. The molecule has 36 heavy (non-hydrogen) atoms. The second kappa shape index (κ2) is 8.97. The maximum Gasteiger partial charge on any atom is 0.331 e. The number of benzene rings is 1. The Morgan fingerprint density at radius 2 is 1.89 bits per heavy atom. The molecule has 1 N–H and O–H groups in total. The minimum atomic E-state index is -2.73. The van der Waals surface area contributed by atoms with Crippen LogP contribution in [-0.4, -0.2) is 48.7 Å². The molecule has 0 spiro atoms. The maximum absolute atomic E-state index is 16.2. The molecular formula is C26H35FN2O6Si. The van der Waals surface area contributed by atoms with Gasteiger partial charge in [-0.2, -0.15) is 0 Å². The zero-order valence-electron chi connectivity index (χ0n) is 21.8. The third-order valence-corrected chi connectivity index (χ3v) is 12.5. The van der Waals surface area contributed by atoms with Crippen LogP contribution in [-0.2, 0) is 14.4 Å². The Bertz CT molecular complexity index is 1120. The monoisotopic (exact) mass is 518 g/mol. The van der Waals surface area contributed by atoms with Crippen LogP contribution in [0.2, 0.25) is 18.1 Å². The van der Waals surface area contributed by atoms with Crippen LogP contribution in [0.5, 0.6) is 11.5 Å². The van der Waals surface area contributed by atoms with Crippen LogP contribution in [0.15, 0.2) is 18.2 Å². The summed E-state index contributed by atoms with van der Waals surface area (Å²) in [5.41, 5.74) is -2.25. The highest BCUT2D eigenvalue weighted by molar-refractivity contribution is 6.74. The highest BCUT2D eigenvalue weighted by atomic mass is 28.4. The van der Waals surface area contributed by atoms with Crippen molar-refractivity contribution in [3.05, 3.63) is 23.8 Å². The van der Waals surface area contributed by atoms with E-state index in [1.54, 1.807) is 18.2 Å². The first kappa shape index (κ1) is 26.3. The number of ether oxygens (including phenoxy) is 1. The van der Waals surface area contributed by atoms with E-state index in [0.29, 0.717) is 17.7 Å². The predicted molar refractivity (Wildman–Crippen MR) is 133 cm³/mol. The standard InChI is InChI=1S/C26H35FN2O6Si/c1-7-8-9-10-11-18(30)29-21-19-16-13-12-15(35-36(5,6)25(2,3)4)14-17(16)34-22(31)20(19)26(21,27)23(32)28-24(29)33/h12-14,19-21H,7-11H2,1-6H3,(H,28,32,33)/t19-,20-,21+,26+/m1/s1. The molecule has 4 rings (SSSR count). The molecule has 8 nitrogen and oxygen atoms in total. The van der Waals surface area contributed by atoms with Gasteiger partial charge in [0.2, 0.25) is 19.9 Å². The lowest BCUT2D eigenvalue weighted by Crippen LogP contribution is -2.82. The van der Waals surface area contributed by atoms with Crippen LogP contribution in [0.3, 0.4) is 0 Å². The van der Waals surface area contributed by atoms with Crippen LogP contribution in [0.1, 0.15) is 71.3 Å². The first-order valence-electron chi connectivity index (χ1n) is 12.6. The van der Waals surface area contributed by atoms with Crippen molar-refractivity contribution in [2.45, 2.75) is 95.6 Å². The average Bonchev–Trinajstić information content (AvgIpc) is 2.76. The number of carbonyl (C=O) groups is 4. The van der Waals surface area contributed by atoms with Gasteiger partial charge in [-0.3, -0.25) is 24.6 Å². The van der Waals surface area contributed by atoms with Crippen molar-refractivity contribution in [3.63, 3.8) is 0 Å². The molecule has 3 aliphatic rings. The van der Waals surface area contributed by atoms with Crippen molar-refractivity contribution in [1.82, 2.24) is 10.2 Å². The molecule has 0 unspecified atom stereocenters. The molecule has 1 aromatic rings. The van der Waals surface area contributed by atoms with Crippen LogP contribution in [0.25, 0.3) is 0 Å². The van der Waals surface area contributed by atoms with Crippen molar-refractivity contribution in [2.24, 2.45) is 5.92 Å². The summed E-state index contributed by atoms with van der Waals surface area (Å²) in [6.07, 6.45) is 3.34. The van der Waals surface area contributed by atoms with Gasteiger partial charge in [-0.05, 0) is 30.6 Å². The fourth-order valence-electron chi connectivity index (χ4n) is 5.09. The molecule has 0 bridgehead atoms. The van der Waals surface area contributed by atoms with Crippen molar-refractivity contribution in [3.8, 4) is 11.5 Å². The first-order chi connectivity index (χ1) is 16.7. The zero-order chi connectivity index (χ0) is 26.6. The Morgan fingerprint density at radius 1 is 1.19 bits per heavy atom. The number of urea groups is 1. The van der Waals surface area contributed by atoms with Gasteiger partial charge < -0.3 is 9.16 Å². The van der Waals surface area contributed by atoms with E-state index in [4.69, 9.17) is 9.16 Å². The van der Waals surface area contributed by atoms with Crippen molar-refractivity contribution >= 4 is 32.1 Å². The molecule has 196 valence electrons. The molecule has 2 aliphatic heterocycles. The molecule has 2 heterocycles. The van der Waals surface area contributed by atoms with Gasteiger partial charge in [0, 0.05) is 24.0 Å². The summed E-state index contributed by atoms with van der Waals surface area (Å²) in [5, 5.41) is 1.88. The Kier molecular flexibility index (Phi) is 6.56. The second-order valence-corrected chi connectivity index (χ2v) is 16.3. The third kappa shape index (κ3) is 4.03. The minimum absolute atomic E-state index is 0.0553. The largest absolute Gasteiger partial charge is 0.543 e. The normalized spacial score (nSPS) is 27.2. The summed E-state index contributed by atoms with van der Waals surface area (Å²) >= 11 is 0. The predicted octanol–water partition coefficient (Wildman–Crippen LogP) is 4.83. The fraction of sp³-hybridized carbons (Fsp3) is 0.615. The van der Waals surface area contributed by atoms with Gasteiger partial charge in [0.05, 0.1) is 6.04 Å². The Morgan fingerprint density at radius 3 is 2.53 bits per heavy atom. The van der Waals surface area contributed by atoms with Crippen molar-refractivity contribution < 1.29 is 32.7 Å². The summed E-state index contributed by atoms with van der Waals surface area (Å²) in [4.78, 5) is 52.1. The Hall–Kier alpha value is -2.75. The number of unbranched alkanes of at least 4 members (excludes halogenated alkanes) is 3. The molecule has 2 fully saturated rings. The lowest BCUT2D eigenvalue weighted by atomic mass is 9.53. The molecule has 0 aromatic heterocycles. The number of nitrogens with one attached hydrogen (secondary N) is 1. The van der Waals surface area contributed by atoms with Gasteiger partial charge in [-0.25, -0.2) is 9.18 Å². The number of nitrogens with zero attached hydrogens (tertiary/aromatic N) is 1. The average molecular weight is 519 g/mol. The molecule has 4 amide bonds. The van der Waals surface area contributed by atoms with Gasteiger partial charge in [-0.15, -0.1) is 0 Å². The SMILES string of the molecule is CCCCCCC(=O)N1C(=O)NC(=O)[C@@]2(F)[C@@H]1[C@@H]1c3ccc(O[Si](C)(C)C(C)(C)C)cc3OC(=O)[C@@H]12. The van der Waals surface area contributed by atoms with Gasteiger partial charge in [0.1, 0.15) is 17.4 Å². The van der Waals surface area contributed by atoms with E-state index in [0.717, 1.165) is 24.2 Å². The number of hydrogen-bond acceptors (Lipinski definition) is 6. The number of carbonyl (C=O) groups excluding carboxylic acids is 4. The summed E-state index contributed by atoms with van der Waals surface area (Å²) < 4.78 is 28.0. The number of alkyl halides is 1. The zero-order valence-corrected chi connectivity index (χ0v) is 22.8. The third-order valence-electron chi connectivity index (χ3n) is 8.15. The Labute approximate surface area is 212 Å². The van der Waals surface area contributed by atoms with Crippen LogP contribution in [0.4, 0.5) is 9.18 Å². The summed E-state index contributed by atoms with van der Waals surface area (Å²) in [6, 6.07) is 2.67. The number of halogens is 1. The van der Waals surface area contributed by atoms with E-state index < -0.39 is 55.7 Å². The maximum atomic E-state index is 16.2. The molecule has 0 radical (unpaired) electrons. The van der Waals surface area contributed by atoms with E-state index in [1.165, 1.54) is 0 Å². The van der Waals surface area contributed by atoms with Gasteiger partial charge >= 0.3 is 12.0 Å². The quantitative estimate of drug-likeness (QED) is 0.240. The van der Waals surface area contributed by atoms with E-state index in [1.807, 2.05) is 12.2 Å². The van der Waals surface area contributed by atoms with Crippen LogP contribution in [0, 0.1) is 5.92 Å². The van der Waals surface area contributed by atoms with E-state index in [2.05, 4.69) is 33.9 Å².